The Hall–Kier alpha value is -5.02. The van der Waals surface area contributed by atoms with Crippen molar-refractivity contribution in [1.82, 2.24) is 19.6 Å². The van der Waals surface area contributed by atoms with E-state index in [0.717, 1.165) is 11.6 Å². The van der Waals surface area contributed by atoms with Gasteiger partial charge in [0.25, 0.3) is 11.8 Å². The summed E-state index contributed by atoms with van der Waals surface area (Å²) in [4.78, 5) is 54.6. The summed E-state index contributed by atoms with van der Waals surface area (Å²) in [6, 6.07) is 16.1. The molecule has 2 saturated heterocycles. The highest BCUT2D eigenvalue weighted by atomic mass is 35.5. The molecule has 0 radical (unpaired) electrons. The molecule has 268 valence electrons. The van der Waals surface area contributed by atoms with E-state index in [2.05, 4.69) is 13.2 Å². The normalized spacial score (nSPS) is 15.3. The highest BCUT2D eigenvalue weighted by Gasteiger charge is 2.33. The van der Waals surface area contributed by atoms with E-state index < -0.39 is 11.9 Å². The van der Waals surface area contributed by atoms with Crippen molar-refractivity contribution < 1.29 is 29.4 Å². The van der Waals surface area contributed by atoms with Gasteiger partial charge in [-0.1, -0.05) is 92.1 Å². The summed E-state index contributed by atoms with van der Waals surface area (Å²) >= 11 is 18.0. The molecule has 2 fully saturated rings. The van der Waals surface area contributed by atoms with Gasteiger partial charge >= 0.3 is 0 Å². The number of amides is 4. The van der Waals surface area contributed by atoms with E-state index in [0.29, 0.717) is 36.8 Å². The van der Waals surface area contributed by atoms with Crippen LogP contribution in [0, 0.1) is 11.3 Å². The standard InChI is InChI=1S/C20H19ClN2O3.C15H13Cl2N3O3.C2H6/c1-2-19(25)22-8-10-23(11-9-22)20(26)16-12-17(21)15(13-18(16)24)14-6-4-3-5-7-14;1-2-14(22)20-4-3-19(8-9(20)7-18)15(23)10-5-11(16)12(17)6-13(10)21;1-2/h2-7,12-13,24H,1,8-11H2;2,5-6,9,21H,1,3-4,8H2;1-2H3. The lowest BCUT2D eigenvalue weighted by Gasteiger charge is -2.37. The molecule has 0 bridgehead atoms. The van der Waals surface area contributed by atoms with Crippen molar-refractivity contribution >= 4 is 58.4 Å². The highest BCUT2D eigenvalue weighted by molar-refractivity contribution is 6.42. The molecule has 2 aliphatic rings. The number of halogens is 3. The first kappa shape index (κ1) is 40.4. The Morgan fingerprint density at radius 1 is 0.725 bits per heavy atom. The fourth-order valence-electron chi connectivity index (χ4n) is 5.34. The number of piperazine rings is 2. The summed E-state index contributed by atoms with van der Waals surface area (Å²) in [5, 5.41) is 30.1. The van der Waals surface area contributed by atoms with Crippen LogP contribution in [-0.4, -0.2) is 105 Å². The van der Waals surface area contributed by atoms with Gasteiger partial charge in [-0.05, 0) is 35.9 Å². The molecule has 4 amide bonds. The maximum atomic E-state index is 12.8. The van der Waals surface area contributed by atoms with E-state index in [-0.39, 0.29) is 70.0 Å². The van der Waals surface area contributed by atoms with Gasteiger partial charge in [-0.15, -0.1) is 0 Å². The van der Waals surface area contributed by atoms with Gasteiger partial charge in [-0.2, -0.15) is 5.26 Å². The lowest BCUT2D eigenvalue weighted by molar-refractivity contribution is -0.129. The molecule has 14 heteroatoms. The molecular formula is C37H38Cl3N5O6. The topological polar surface area (TPSA) is 145 Å². The van der Waals surface area contributed by atoms with Crippen LogP contribution < -0.4 is 0 Å². The Bertz CT molecular complexity index is 1820. The second-order valence-corrected chi connectivity index (χ2v) is 12.2. The van der Waals surface area contributed by atoms with E-state index in [1.165, 1.54) is 40.1 Å². The van der Waals surface area contributed by atoms with Crippen molar-refractivity contribution in [3.05, 3.63) is 106 Å². The van der Waals surface area contributed by atoms with Gasteiger partial charge < -0.3 is 29.8 Å². The quantitative estimate of drug-likeness (QED) is 0.292. The monoisotopic (exact) mass is 753 g/mol. The van der Waals surface area contributed by atoms with Crippen molar-refractivity contribution in [1.29, 1.82) is 5.26 Å². The van der Waals surface area contributed by atoms with Crippen LogP contribution in [0.1, 0.15) is 34.6 Å². The molecule has 2 N–H and O–H groups in total. The number of nitrogens with zero attached hydrogens (tertiary/aromatic N) is 5. The Kier molecular flexibility index (Phi) is 14.9. The minimum Gasteiger partial charge on any atom is -0.507 e. The number of carbonyl (C=O) groups is 4. The smallest absolute Gasteiger partial charge is 0.257 e. The minimum absolute atomic E-state index is 0.000382. The first-order valence-electron chi connectivity index (χ1n) is 16.0. The molecule has 0 aliphatic carbocycles. The zero-order chi connectivity index (χ0) is 37.8. The number of carbonyl (C=O) groups excluding carboxylic acids is 4. The number of nitriles is 1. The van der Waals surface area contributed by atoms with Crippen molar-refractivity contribution in [3.63, 3.8) is 0 Å². The third-order valence-corrected chi connectivity index (χ3v) is 9.03. The summed E-state index contributed by atoms with van der Waals surface area (Å²) in [6.45, 7) is 13.0. The van der Waals surface area contributed by atoms with Crippen LogP contribution in [0.3, 0.4) is 0 Å². The molecule has 1 atom stereocenters. The molecule has 1 unspecified atom stereocenters. The molecule has 2 heterocycles. The van der Waals surface area contributed by atoms with Gasteiger partial charge in [0.05, 0.1) is 33.8 Å². The number of phenolic OH excluding ortho intramolecular Hbond substituents is 2. The number of benzene rings is 3. The molecule has 51 heavy (non-hydrogen) atoms. The third-order valence-electron chi connectivity index (χ3n) is 8.00. The number of rotatable bonds is 5. The van der Waals surface area contributed by atoms with Crippen LogP contribution in [0.25, 0.3) is 11.1 Å². The Morgan fingerprint density at radius 3 is 1.78 bits per heavy atom. The molecule has 3 aromatic rings. The van der Waals surface area contributed by atoms with Crippen LogP contribution in [0.15, 0.2) is 79.9 Å². The second-order valence-electron chi connectivity index (χ2n) is 11.0. The zero-order valence-electron chi connectivity index (χ0n) is 28.2. The van der Waals surface area contributed by atoms with E-state index in [4.69, 9.17) is 34.8 Å². The summed E-state index contributed by atoms with van der Waals surface area (Å²) in [5.41, 5.74) is 1.70. The summed E-state index contributed by atoms with van der Waals surface area (Å²) in [6.07, 6.45) is 2.40. The lowest BCUT2D eigenvalue weighted by atomic mass is 10.0. The molecule has 0 saturated carbocycles. The Morgan fingerprint density at radius 2 is 1.22 bits per heavy atom. The number of hydrogen-bond donors (Lipinski definition) is 2. The minimum atomic E-state index is -0.775. The molecule has 11 nitrogen and oxygen atoms in total. The fraction of sp³-hybridized carbons (Fsp3) is 0.270. The zero-order valence-corrected chi connectivity index (χ0v) is 30.5. The van der Waals surface area contributed by atoms with E-state index >= 15 is 0 Å². The lowest BCUT2D eigenvalue weighted by Crippen LogP contribution is -2.55. The van der Waals surface area contributed by atoms with Crippen LogP contribution in [0.5, 0.6) is 11.5 Å². The average Bonchev–Trinajstić information content (AvgIpc) is 3.17. The van der Waals surface area contributed by atoms with Gasteiger partial charge in [0.1, 0.15) is 17.5 Å². The van der Waals surface area contributed by atoms with E-state index in [9.17, 15) is 34.7 Å². The van der Waals surface area contributed by atoms with Crippen molar-refractivity contribution in [3.8, 4) is 28.7 Å². The number of hydrogen-bond acceptors (Lipinski definition) is 7. The molecule has 2 aliphatic heterocycles. The average molecular weight is 755 g/mol. The molecule has 0 aromatic heterocycles. The summed E-state index contributed by atoms with van der Waals surface area (Å²) in [7, 11) is 0. The predicted octanol–water partition coefficient (Wildman–Crippen LogP) is 6.27. The Labute approximate surface area is 312 Å². The SMILES string of the molecule is C=CC(=O)N1CCN(C(=O)c2cc(Cl)c(-c3ccccc3)cc2O)CC1.C=CC(=O)N1CCN(C(=O)c2cc(Cl)c(Cl)cc2O)CC1C#N.CC. The van der Waals surface area contributed by atoms with Crippen LogP contribution in [-0.2, 0) is 9.59 Å². The van der Waals surface area contributed by atoms with Gasteiger partial charge in [0, 0.05) is 55.9 Å². The van der Waals surface area contributed by atoms with Crippen molar-refractivity contribution in [2.75, 3.05) is 45.8 Å². The van der Waals surface area contributed by atoms with E-state index in [1.54, 1.807) is 9.80 Å². The van der Waals surface area contributed by atoms with Crippen LogP contribution in [0.2, 0.25) is 15.1 Å². The predicted molar refractivity (Wildman–Crippen MR) is 198 cm³/mol. The maximum absolute atomic E-state index is 12.8. The second kappa shape index (κ2) is 18.8. The van der Waals surface area contributed by atoms with Crippen LogP contribution in [0.4, 0.5) is 0 Å². The fourth-order valence-corrected chi connectivity index (χ4v) is 5.93. The number of phenols is 2. The maximum Gasteiger partial charge on any atom is 0.257 e. The first-order valence-corrected chi connectivity index (χ1v) is 17.1. The van der Waals surface area contributed by atoms with Crippen molar-refractivity contribution in [2.45, 2.75) is 19.9 Å². The van der Waals surface area contributed by atoms with Crippen LogP contribution >= 0.6 is 34.8 Å². The Balaban J connectivity index is 0.000000265. The number of aromatic hydroxyl groups is 2. The molecular weight excluding hydrogens is 717 g/mol. The van der Waals surface area contributed by atoms with Gasteiger partial charge in [-0.25, -0.2) is 0 Å². The highest BCUT2D eigenvalue weighted by Crippen LogP contribution is 2.35. The molecule has 0 spiro atoms. The van der Waals surface area contributed by atoms with E-state index in [1.807, 2.05) is 50.2 Å². The van der Waals surface area contributed by atoms with Gasteiger partial charge in [0.15, 0.2) is 0 Å². The summed E-state index contributed by atoms with van der Waals surface area (Å²) in [5.74, 6) is -1.68. The molecule has 3 aromatic carbocycles. The van der Waals surface area contributed by atoms with Crippen molar-refractivity contribution in [2.24, 2.45) is 0 Å². The molecule has 5 rings (SSSR count). The van der Waals surface area contributed by atoms with Gasteiger partial charge in [-0.3, -0.25) is 19.2 Å². The largest absolute Gasteiger partial charge is 0.507 e. The van der Waals surface area contributed by atoms with Gasteiger partial charge in [0.2, 0.25) is 11.8 Å². The third kappa shape index (κ3) is 9.82. The summed E-state index contributed by atoms with van der Waals surface area (Å²) < 4.78 is 0. The first-order chi connectivity index (χ1) is 24.4.